The van der Waals surface area contributed by atoms with E-state index in [2.05, 4.69) is 20.2 Å². The summed E-state index contributed by atoms with van der Waals surface area (Å²) >= 11 is 0. The molecule has 0 aromatic carbocycles. The smallest absolute Gasteiger partial charge is 0.325 e. The molecule has 0 unspecified atom stereocenters. The minimum Gasteiger partial charge on any atom is -0.356 e. The first kappa shape index (κ1) is 13.7. The van der Waals surface area contributed by atoms with Gasteiger partial charge in [-0.15, -0.1) is 0 Å². The normalized spacial score (nSPS) is 11.9. The molecular formula is C9H14N5O4P. The van der Waals surface area contributed by atoms with Gasteiger partial charge in [0.15, 0.2) is 11.3 Å². The largest absolute Gasteiger partial charge is 0.356 e. The van der Waals surface area contributed by atoms with E-state index in [1.807, 2.05) is 0 Å². The Morgan fingerprint density at radius 1 is 1.47 bits per heavy atom. The molecule has 104 valence electrons. The lowest BCUT2D eigenvalue weighted by Gasteiger charge is -2.16. The highest BCUT2D eigenvalue weighted by Crippen LogP contribution is 2.35. The molecule has 2 heterocycles. The van der Waals surface area contributed by atoms with Crippen LogP contribution in [0.5, 0.6) is 0 Å². The lowest BCUT2D eigenvalue weighted by molar-refractivity contribution is 0.372. The van der Waals surface area contributed by atoms with Crippen molar-refractivity contribution in [2.45, 2.75) is 6.42 Å². The van der Waals surface area contributed by atoms with Gasteiger partial charge in [0.2, 0.25) is 0 Å². The molecule has 2 aromatic heterocycles. The van der Waals surface area contributed by atoms with Crippen LogP contribution in [0, 0.1) is 0 Å². The second-order valence-electron chi connectivity index (χ2n) is 4.17. The average Bonchev–Trinajstić information content (AvgIpc) is 2.72. The number of aromatic nitrogens is 4. The van der Waals surface area contributed by atoms with Gasteiger partial charge in [-0.1, -0.05) is 0 Å². The third-order valence-electron chi connectivity index (χ3n) is 2.64. The van der Waals surface area contributed by atoms with Gasteiger partial charge < -0.3 is 19.7 Å². The van der Waals surface area contributed by atoms with Gasteiger partial charge in [0.1, 0.15) is 5.52 Å². The summed E-state index contributed by atoms with van der Waals surface area (Å²) < 4.78 is 10.8. The van der Waals surface area contributed by atoms with Gasteiger partial charge in [0.05, 0.1) is 12.5 Å². The molecule has 0 amide bonds. The quantitative estimate of drug-likeness (QED) is 0.552. The van der Waals surface area contributed by atoms with E-state index in [4.69, 9.17) is 9.79 Å². The molecule has 0 saturated carbocycles. The molecule has 0 saturated heterocycles. The fourth-order valence-corrected chi connectivity index (χ4v) is 2.27. The number of fused-ring (bicyclic) bond motifs is 1. The molecule has 4 N–H and O–H groups in total. The zero-order chi connectivity index (χ0) is 14.0. The molecule has 10 heteroatoms. The lowest BCUT2D eigenvalue weighted by atomic mass is 10.4. The van der Waals surface area contributed by atoms with E-state index in [9.17, 15) is 9.36 Å². The highest BCUT2D eigenvalue weighted by atomic mass is 31.2. The molecule has 0 bridgehead atoms. The van der Waals surface area contributed by atoms with Crippen molar-refractivity contribution in [3.63, 3.8) is 0 Å². The summed E-state index contributed by atoms with van der Waals surface area (Å²) in [6, 6.07) is 0. The average molecular weight is 287 g/mol. The van der Waals surface area contributed by atoms with E-state index >= 15 is 0 Å². The summed E-state index contributed by atoms with van der Waals surface area (Å²) in [5.74, 6) is 0.479. The fourth-order valence-electron chi connectivity index (χ4n) is 1.72. The standard InChI is InChI=1S/C9H14N5O4P/c1-14(3-2-4-19(16,17)18)8-6-7(12-13-8)9(15)11-5-10-6/h5H,2-4H2,1H3,(H,12,13)(H,10,11,15)(H2,16,17,18). The monoisotopic (exact) mass is 287 g/mol. The van der Waals surface area contributed by atoms with Gasteiger partial charge in [-0.2, -0.15) is 5.10 Å². The summed E-state index contributed by atoms with van der Waals surface area (Å²) in [6.07, 6.45) is 1.42. The molecule has 0 radical (unpaired) electrons. The van der Waals surface area contributed by atoms with Crippen LogP contribution in [0.2, 0.25) is 0 Å². The number of aromatic amines is 2. The van der Waals surface area contributed by atoms with Crippen LogP contribution in [0.25, 0.3) is 11.0 Å². The van der Waals surface area contributed by atoms with E-state index < -0.39 is 7.60 Å². The first-order valence-corrected chi connectivity index (χ1v) is 7.36. The van der Waals surface area contributed by atoms with Crippen molar-refractivity contribution in [3.8, 4) is 0 Å². The predicted molar refractivity (Wildman–Crippen MR) is 69.3 cm³/mol. The third-order valence-corrected chi connectivity index (χ3v) is 3.54. The van der Waals surface area contributed by atoms with E-state index in [0.717, 1.165) is 0 Å². The van der Waals surface area contributed by atoms with Gasteiger partial charge in [0, 0.05) is 13.6 Å². The summed E-state index contributed by atoms with van der Waals surface area (Å²) in [7, 11) is -2.26. The number of nitrogens with zero attached hydrogens (tertiary/aromatic N) is 3. The molecule has 19 heavy (non-hydrogen) atoms. The Bertz CT molecular complexity index is 675. The van der Waals surface area contributed by atoms with E-state index in [0.29, 0.717) is 24.3 Å². The molecule has 0 atom stereocenters. The number of hydrogen-bond donors (Lipinski definition) is 4. The van der Waals surface area contributed by atoms with Crippen molar-refractivity contribution in [2.75, 3.05) is 24.7 Å². The Hall–Kier alpha value is -1.70. The topological polar surface area (TPSA) is 135 Å². The van der Waals surface area contributed by atoms with Crippen molar-refractivity contribution < 1.29 is 14.4 Å². The zero-order valence-electron chi connectivity index (χ0n) is 10.2. The van der Waals surface area contributed by atoms with Gasteiger partial charge in [-0.25, -0.2) is 4.98 Å². The van der Waals surface area contributed by atoms with Gasteiger partial charge >= 0.3 is 7.60 Å². The third kappa shape index (κ3) is 3.19. The van der Waals surface area contributed by atoms with Crippen LogP contribution < -0.4 is 10.5 Å². The number of rotatable bonds is 5. The van der Waals surface area contributed by atoms with Gasteiger partial charge in [-0.3, -0.25) is 14.5 Å². The van der Waals surface area contributed by atoms with Crippen molar-refractivity contribution in [1.29, 1.82) is 0 Å². The Morgan fingerprint density at radius 2 is 2.21 bits per heavy atom. The van der Waals surface area contributed by atoms with Crippen LogP contribution in [0.4, 0.5) is 5.82 Å². The molecule has 0 fully saturated rings. The zero-order valence-corrected chi connectivity index (χ0v) is 11.1. The number of H-pyrrole nitrogens is 2. The minimum atomic E-state index is -3.98. The Kier molecular flexibility index (Phi) is 3.70. The number of hydrogen-bond acceptors (Lipinski definition) is 5. The van der Waals surface area contributed by atoms with Crippen LogP contribution in [0.15, 0.2) is 11.1 Å². The predicted octanol–water partition coefficient (Wildman–Crippen LogP) is -0.350. The molecule has 0 aliphatic carbocycles. The van der Waals surface area contributed by atoms with Crippen LogP contribution >= 0.6 is 7.60 Å². The fraction of sp³-hybridized carbons (Fsp3) is 0.444. The maximum absolute atomic E-state index is 11.5. The van der Waals surface area contributed by atoms with Crippen LogP contribution in [-0.4, -0.2) is 49.7 Å². The first-order valence-electron chi connectivity index (χ1n) is 5.56. The minimum absolute atomic E-state index is 0.187. The van der Waals surface area contributed by atoms with Crippen molar-refractivity contribution in [3.05, 3.63) is 16.7 Å². The summed E-state index contributed by atoms with van der Waals surface area (Å²) in [4.78, 5) is 37.2. The van der Waals surface area contributed by atoms with E-state index in [-0.39, 0.29) is 17.2 Å². The lowest BCUT2D eigenvalue weighted by Crippen LogP contribution is -2.20. The van der Waals surface area contributed by atoms with Crippen LogP contribution in [0.3, 0.4) is 0 Å². The van der Waals surface area contributed by atoms with Gasteiger partial charge in [0.25, 0.3) is 5.56 Å². The van der Waals surface area contributed by atoms with E-state index in [1.165, 1.54) is 6.33 Å². The Balaban J connectivity index is 2.14. The molecule has 0 aliphatic rings. The van der Waals surface area contributed by atoms with Crippen molar-refractivity contribution in [2.24, 2.45) is 0 Å². The molecule has 0 aliphatic heterocycles. The highest BCUT2D eigenvalue weighted by molar-refractivity contribution is 7.51. The maximum atomic E-state index is 11.5. The van der Waals surface area contributed by atoms with Crippen molar-refractivity contribution in [1.82, 2.24) is 20.2 Å². The second-order valence-corrected chi connectivity index (χ2v) is 5.94. The first-order chi connectivity index (χ1) is 8.88. The molecule has 0 spiro atoms. The summed E-state index contributed by atoms with van der Waals surface area (Å²) in [5, 5.41) is 6.59. The molecule has 9 nitrogen and oxygen atoms in total. The maximum Gasteiger partial charge on any atom is 0.325 e. The van der Waals surface area contributed by atoms with Crippen molar-refractivity contribution >= 4 is 24.4 Å². The second kappa shape index (κ2) is 5.12. The number of nitrogens with one attached hydrogen (secondary N) is 2. The SMILES string of the molecule is CN(CCCP(=O)(O)O)c1n[nH]c2c(=O)[nH]cnc12. The molecule has 2 rings (SSSR count). The molecular weight excluding hydrogens is 273 g/mol. The van der Waals surface area contributed by atoms with E-state index in [1.54, 1.807) is 11.9 Å². The van der Waals surface area contributed by atoms with Gasteiger partial charge in [-0.05, 0) is 6.42 Å². The highest BCUT2D eigenvalue weighted by Gasteiger charge is 2.16. The Labute approximate surface area is 107 Å². The van der Waals surface area contributed by atoms with Crippen LogP contribution in [0.1, 0.15) is 6.42 Å². The van der Waals surface area contributed by atoms with Crippen LogP contribution in [-0.2, 0) is 4.57 Å². The Morgan fingerprint density at radius 3 is 2.89 bits per heavy atom. The molecule has 2 aromatic rings. The summed E-state index contributed by atoms with van der Waals surface area (Å²) in [5.41, 5.74) is 0.397. The summed E-state index contributed by atoms with van der Waals surface area (Å²) in [6.45, 7) is 0.402. The number of anilines is 1.